The third-order valence-corrected chi connectivity index (χ3v) is 8.82. The first-order chi connectivity index (χ1) is 21.7. The van der Waals surface area contributed by atoms with Crippen molar-refractivity contribution < 1.29 is 9.53 Å². The van der Waals surface area contributed by atoms with Crippen molar-refractivity contribution in [2.75, 3.05) is 50.0 Å². The van der Waals surface area contributed by atoms with Gasteiger partial charge in [0.25, 0.3) is 0 Å². The molecule has 3 aromatic carbocycles. The van der Waals surface area contributed by atoms with Gasteiger partial charge in [-0.3, -0.25) is 10.2 Å². The monoisotopic (exact) mass is 606 g/mol. The number of anilines is 2. The van der Waals surface area contributed by atoms with Crippen LogP contribution in [-0.4, -0.2) is 66.1 Å². The number of rotatable bonds is 8. The summed E-state index contributed by atoms with van der Waals surface area (Å²) in [4.78, 5) is 15.9. The highest BCUT2D eigenvalue weighted by molar-refractivity contribution is 6.08. The first kappa shape index (κ1) is 31.0. The van der Waals surface area contributed by atoms with Gasteiger partial charge in [-0.2, -0.15) is 5.10 Å². The van der Waals surface area contributed by atoms with Gasteiger partial charge in [0.2, 0.25) is 0 Å². The number of benzene rings is 3. The van der Waals surface area contributed by atoms with Crippen LogP contribution in [0.1, 0.15) is 56.9 Å². The van der Waals surface area contributed by atoms with Crippen LogP contribution < -0.4 is 16.0 Å². The maximum atomic E-state index is 13.5. The molecular weight excluding hydrogens is 560 g/mol. The van der Waals surface area contributed by atoms with E-state index in [1.54, 1.807) is 0 Å². The van der Waals surface area contributed by atoms with E-state index in [4.69, 9.17) is 9.84 Å². The quantitative estimate of drug-likeness (QED) is 0.199. The predicted octanol–water partition coefficient (Wildman–Crippen LogP) is 7.13. The van der Waals surface area contributed by atoms with Gasteiger partial charge in [0.05, 0.1) is 30.3 Å². The van der Waals surface area contributed by atoms with Crippen LogP contribution in [0, 0.1) is 6.92 Å². The maximum Gasteiger partial charge on any atom is 0.324 e. The highest BCUT2D eigenvalue weighted by Gasteiger charge is 2.22. The molecule has 1 atom stereocenters. The molecule has 2 amide bonds. The molecule has 2 heterocycles. The highest BCUT2D eigenvalue weighted by atomic mass is 16.5. The first-order valence-electron chi connectivity index (χ1n) is 16.3. The normalized spacial score (nSPS) is 17.7. The lowest BCUT2D eigenvalue weighted by molar-refractivity contribution is 0.0382. The summed E-state index contributed by atoms with van der Waals surface area (Å²) in [7, 11) is 0. The number of nitrogens with one attached hydrogen (secondary N) is 3. The summed E-state index contributed by atoms with van der Waals surface area (Å²) < 4.78 is 7.29. The van der Waals surface area contributed by atoms with Gasteiger partial charge >= 0.3 is 6.03 Å². The Bertz CT molecular complexity index is 1660. The summed E-state index contributed by atoms with van der Waals surface area (Å²) in [5.41, 5.74) is 6.20. The van der Waals surface area contributed by atoms with E-state index in [1.165, 1.54) is 16.7 Å². The number of ether oxygens (including phenoxy) is 1. The van der Waals surface area contributed by atoms with Crippen LogP contribution in [0.4, 0.5) is 16.3 Å². The van der Waals surface area contributed by atoms with Crippen molar-refractivity contribution in [1.82, 2.24) is 20.0 Å². The smallest absolute Gasteiger partial charge is 0.324 e. The Morgan fingerprint density at radius 1 is 0.978 bits per heavy atom. The van der Waals surface area contributed by atoms with Crippen molar-refractivity contribution in [1.29, 1.82) is 0 Å². The van der Waals surface area contributed by atoms with Crippen LogP contribution in [0.15, 0.2) is 72.8 Å². The largest absolute Gasteiger partial charge is 0.379 e. The molecule has 1 aliphatic heterocycles. The minimum absolute atomic E-state index is 0.167. The number of nitrogens with zero attached hydrogens (tertiary/aromatic N) is 3. The van der Waals surface area contributed by atoms with Gasteiger partial charge in [-0.25, -0.2) is 9.48 Å². The number of urea groups is 1. The molecule has 1 aliphatic carbocycles. The lowest BCUT2D eigenvalue weighted by Gasteiger charge is -2.28. The zero-order chi connectivity index (χ0) is 31.4. The average Bonchev–Trinajstić information content (AvgIpc) is 3.46. The van der Waals surface area contributed by atoms with Gasteiger partial charge in [0.15, 0.2) is 0 Å². The fourth-order valence-corrected chi connectivity index (χ4v) is 6.22. The van der Waals surface area contributed by atoms with Gasteiger partial charge in [-0.1, -0.05) is 74.9 Å². The highest BCUT2D eigenvalue weighted by Crippen LogP contribution is 2.35. The Morgan fingerprint density at radius 2 is 1.73 bits per heavy atom. The van der Waals surface area contributed by atoms with Gasteiger partial charge in [-0.15, -0.1) is 0 Å². The van der Waals surface area contributed by atoms with Gasteiger partial charge in [0, 0.05) is 49.1 Å². The number of aryl methyl sites for hydroxylation is 1. The topological polar surface area (TPSA) is 83.5 Å². The standard InChI is InChI=1S/C37H46N6O2/c1-26-12-14-29(15-13-26)43-35(25-34(41-43)37(2,3)4)40-36(44)39-33-17-16-30(31-10-5-6-11-32(31)33)27-8-7-9-28(24-27)38-18-19-42-20-22-45-23-21-42/h5-6,10-17,24-25,28,38H,7-9,18-23H2,1-4H3,(H2,39,40,44). The zero-order valence-electron chi connectivity index (χ0n) is 27.0. The second kappa shape index (κ2) is 13.6. The van der Waals surface area contributed by atoms with Crippen molar-refractivity contribution in [3.8, 4) is 5.69 Å². The fourth-order valence-electron chi connectivity index (χ4n) is 6.22. The maximum absolute atomic E-state index is 13.5. The summed E-state index contributed by atoms with van der Waals surface area (Å²) in [5, 5.41) is 17.0. The van der Waals surface area contributed by atoms with Crippen molar-refractivity contribution in [2.24, 2.45) is 0 Å². The van der Waals surface area contributed by atoms with E-state index in [0.717, 1.165) is 86.5 Å². The molecule has 8 nitrogen and oxygen atoms in total. The Morgan fingerprint density at radius 3 is 2.49 bits per heavy atom. The Balaban J connectivity index is 1.19. The number of fused-ring (bicyclic) bond motifs is 1. The number of carbonyl (C=O) groups excluding carboxylic acids is 1. The number of carbonyl (C=O) groups is 1. The molecule has 1 fully saturated rings. The molecule has 3 N–H and O–H groups in total. The van der Waals surface area contributed by atoms with Crippen molar-refractivity contribution >= 4 is 33.9 Å². The molecule has 0 radical (unpaired) electrons. The summed E-state index contributed by atoms with van der Waals surface area (Å²) in [6, 6.07) is 22.7. The molecule has 236 valence electrons. The molecule has 6 rings (SSSR count). The van der Waals surface area contributed by atoms with Crippen LogP contribution >= 0.6 is 0 Å². The van der Waals surface area contributed by atoms with Crippen LogP contribution in [-0.2, 0) is 10.2 Å². The van der Waals surface area contributed by atoms with Gasteiger partial charge < -0.3 is 15.4 Å². The summed E-state index contributed by atoms with van der Waals surface area (Å²) in [6.07, 6.45) is 5.78. The van der Waals surface area contributed by atoms with E-state index in [9.17, 15) is 4.79 Å². The fraction of sp³-hybridized carbons (Fsp3) is 0.405. The minimum atomic E-state index is -0.303. The van der Waals surface area contributed by atoms with Crippen LogP contribution in [0.3, 0.4) is 0 Å². The van der Waals surface area contributed by atoms with E-state index >= 15 is 0 Å². The second-order valence-electron chi connectivity index (χ2n) is 13.3. The molecule has 1 saturated heterocycles. The minimum Gasteiger partial charge on any atom is -0.379 e. The van der Waals surface area contributed by atoms with Crippen molar-refractivity contribution in [3.05, 3.63) is 89.6 Å². The number of aromatic nitrogens is 2. The summed E-state index contributed by atoms with van der Waals surface area (Å²) in [5.74, 6) is 0.627. The summed E-state index contributed by atoms with van der Waals surface area (Å²) in [6.45, 7) is 14.2. The van der Waals surface area contributed by atoms with E-state index in [1.807, 2.05) is 35.0 Å². The Hall–Kier alpha value is -3.98. The molecule has 0 saturated carbocycles. The Labute approximate surface area is 266 Å². The molecule has 1 unspecified atom stereocenters. The van der Waals surface area contributed by atoms with E-state index in [2.05, 4.69) is 91.0 Å². The summed E-state index contributed by atoms with van der Waals surface area (Å²) >= 11 is 0. The zero-order valence-corrected chi connectivity index (χ0v) is 27.0. The number of hydrogen-bond acceptors (Lipinski definition) is 5. The molecule has 8 heteroatoms. The van der Waals surface area contributed by atoms with Crippen LogP contribution in [0.5, 0.6) is 0 Å². The average molecular weight is 607 g/mol. The molecule has 0 spiro atoms. The molecular formula is C37H46N6O2. The number of morpholine rings is 1. The third kappa shape index (κ3) is 7.47. The third-order valence-electron chi connectivity index (χ3n) is 8.82. The number of hydrogen-bond donors (Lipinski definition) is 3. The van der Waals surface area contributed by atoms with Gasteiger partial charge in [0.1, 0.15) is 5.82 Å². The lowest BCUT2D eigenvalue weighted by atomic mass is 9.88. The molecule has 45 heavy (non-hydrogen) atoms. The lowest BCUT2D eigenvalue weighted by Crippen LogP contribution is -2.42. The van der Waals surface area contributed by atoms with E-state index in [-0.39, 0.29) is 11.4 Å². The van der Waals surface area contributed by atoms with Gasteiger partial charge in [-0.05, 0) is 60.9 Å². The van der Waals surface area contributed by atoms with Crippen LogP contribution in [0.2, 0.25) is 0 Å². The van der Waals surface area contributed by atoms with Crippen molar-refractivity contribution in [2.45, 2.75) is 58.4 Å². The number of amides is 2. The van der Waals surface area contributed by atoms with Crippen LogP contribution in [0.25, 0.3) is 22.0 Å². The van der Waals surface area contributed by atoms with E-state index < -0.39 is 0 Å². The van der Waals surface area contributed by atoms with Crippen molar-refractivity contribution in [3.63, 3.8) is 0 Å². The first-order valence-corrected chi connectivity index (χ1v) is 16.3. The Kier molecular flexibility index (Phi) is 9.35. The molecule has 0 bridgehead atoms. The van der Waals surface area contributed by atoms with E-state index in [0.29, 0.717) is 11.9 Å². The molecule has 4 aromatic rings. The molecule has 1 aromatic heterocycles. The predicted molar refractivity (Wildman–Crippen MR) is 184 cm³/mol. The number of allylic oxidation sites excluding steroid dienone is 1. The SMILES string of the molecule is Cc1ccc(-n2nc(C(C)(C)C)cc2NC(=O)Nc2ccc(C3=CC(NCCN4CCOCC4)CCC3)c3ccccc23)cc1. The molecule has 2 aliphatic rings. The second-order valence-corrected chi connectivity index (χ2v) is 13.3.